The molecule has 1 aromatic rings. The molecule has 0 saturated heterocycles. The fourth-order valence-electron chi connectivity index (χ4n) is 1.64. The fourth-order valence-corrected chi connectivity index (χ4v) is 1.64. The van der Waals surface area contributed by atoms with Gasteiger partial charge in [0.25, 0.3) is 0 Å². The molecular weight excluding hydrogens is 170 g/mol. The Bertz CT molecular complexity index is 320. The summed E-state index contributed by atoms with van der Waals surface area (Å²) < 4.78 is 0. The van der Waals surface area contributed by atoms with Gasteiger partial charge in [-0.05, 0) is 30.4 Å². The molecule has 14 heavy (non-hydrogen) atoms. The van der Waals surface area contributed by atoms with Crippen LogP contribution in [0.25, 0.3) is 0 Å². The maximum atomic E-state index is 6.22. The van der Waals surface area contributed by atoms with Crippen LogP contribution in [0.1, 0.15) is 43.5 Å². The van der Waals surface area contributed by atoms with Crippen LogP contribution in [0, 0.1) is 19.3 Å². The van der Waals surface area contributed by atoms with Crippen molar-refractivity contribution < 1.29 is 0 Å². The molecule has 0 saturated carbocycles. The molecule has 1 heteroatoms. The number of aryl methyl sites for hydroxylation is 2. The quantitative estimate of drug-likeness (QED) is 0.723. The van der Waals surface area contributed by atoms with E-state index in [0.717, 1.165) is 0 Å². The molecule has 0 aliphatic carbocycles. The molecule has 1 aromatic carbocycles. The minimum Gasteiger partial charge on any atom is -0.324 e. The summed E-state index contributed by atoms with van der Waals surface area (Å²) in [6, 6.07) is 6.60. The first-order valence-electron chi connectivity index (χ1n) is 5.15. The molecule has 0 radical (unpaired) electrons. The van der Waals surface area contributed by atoms with Crippen molar-refractivity contribution in [1.82, 2.24) is 0 Å². The highest BCUT2D eigenvalue weighted by Gasteiger charge is 2.23. The Labute approximate surface area is 87.3 Å². The van der Waals surface area contributed by atoms with Crippen molar-refractivity contribution in [3.63, 3.8) is 0 Å². The van der Waals surface area contributed by atoms with Gasteiger partial charge in [-0.1, -0.05) is 44.5 Å². The summed E-state index contributed by atoms with van der Waals surface area (Å²) in [6.45, 7) is 10.8. The molecule has 0 aromatic heterocycles. The fraction of sp³-hybridized carbons (Fsp3) is 0.538. The van der Waals surface area contributed by atoms with Crippen LogP contribution in [0.15, 0.2) is 18.2 Å². The van der Waals surface area contributed by atoms with Crippen molar-refractivity contribution in [3.05, 3.63) is 34.9 Å². The van der Waals surface area contributed by atoms with Crippen LogP contribution in [-0.4, -0.2) is 0 Å². The van der Waals surface area contributed by atoms with E-state index in [-0.39, 0.29) is 11.5 Å². The normalized spacial score (nSPS) is 14.1. The van der Waals surface area contributed by atoms with Gasteiger partial charge in [0.15, 0.2) is 0 Å². The third kappa shape index (κ3) is 2.36. The van der Waals surface area contributed by atoms with E-state index in [4.69, 9.17) is 5.73 Å². The summed E-state index contributed by atoms with van der Waals surface area (Å²) in [5.74, 6) is 0. The first kappa shape index (κ1) is 11.3. The van der Waals surface area contributed by atoms with E-state index >= 15 is 0 Å². The van der Waals surface area contributed by atoms with E-state index in [0.29, 0.717) is 0 Å². The zero-order valence-electron chi connectivity index (χ0n) is 9.89. The monoisotopic (exact) mass is 191 g/mol. The second-order valence-electron chi connectivity index (χ2n) is 5.20. The van der Waals surface area contributed by atoms with Gasteiger partial charge in [0.05, 0.1) is 0 Å². The Balaban J connectivity index is 3.08. The summed E-state index contributed by atoms with van der Waals surface area (Å²) in [5, 5.41) is 0. The lowest BCUT2D eigenvalue weighted by Gasteiger charge is -2.28. The Morgan fingerprint density at radius 2 is 1.71 bits per heavy atom. The van der Waals surface area contributed by atoms with Crippen LogP contribution < -0.4 is 5.73 Å². The molecule has 78 valence electrons. The molecular formula is C13H21N. The molecule has 2 N–H and O–H groups in total. The van der Waals surface area contributed by atoms with Gasteiger partial charge in [-0.3, -0.25) is 0 Å². The van der Waals surface area contributed by atoms with Crippen LogP contribution in [0.2, 0.25) is 0 Å². The number of hydrogen-bond acceptors (Lipinski definition) is 1. The molecule has 1 nitrogen and oxygen atoms in total. The lowest BCUT2D eigenvalue weighted by Crippen LogP contribution is -2.26. The molecule has 0 amide bonds. The highest BCUT2D eigenvalue weighted by atomic mass is 14.7. The molecule has 0 spiro atoms. The van der Waals surface area contributed by atoms with Crippen LogP contribution in [-0.2, 0) is 0 Å². The summed E-state index contributed by atoms with van der Waals surface area (Å²) in [6.07, 6.45) is 0. The standard InChI is InChI=1S/C13H21N/c1-9-6-7-11(10(2)8-9)12(14)13(3,4)5/h6-8,12H,14H2,1-5H3/t12-/m0/s1. The Morgan fingerprint density at radius 1 is 1.14 bits per heavy atom. The lowest BCUT2D eigenvalue weighted by atomic mass is 9.81. The first-order valence-corrected chi connectivity index (χ1v) is 5.15. The van der Waals surface area contributed by atoms with Gasteiger partial charge in [-0.25, -0.2) is 0 Å². The second kappa shape index (κ2) is 3.74. The maximum absolute atomic E-state index is 6.22. The largest absolute Gasteiger partial charge is 0.324 e. The zero-order chi connectivity index (χ0) is 10.9. The summed E-state index contributed by atoms with van der Waals surface area (Å²) in [4.78, 5) is 0. The van der Waals surface area contributed by atoms with Crippen molar-refractivity contribution in [2.24, 2.45) is 11.1 Å². The lowest BCUT2D eigenvalue weighted by molar-refractivity contribution is 0.326. The SMILES string of the molecule is Cc1ccc([C@H](N)C(C)(C)C)c(C)c1. The number of hydrogen-bond donors (Lipinski definition) is 1. The third-order valence-corrected chi connectivity index (χ3v) is 2.69. The average molecular weight is 191 g/mol. The summed E-state index contributed by atoms with van der Waals surface area (Å²) >= 11 is 0. The highest BCUT2D eigenvalue weighted by Crippen LogP contribution is 2.32. The van der Waals surface area contributed by atoms with E-state index in [1.807, 2.05) is 0 Å². The summed E-state index contributed by atoms with van der Waals surface area (Å²) in [5.41, 5.74) is 10.2. The Hall–Kier alpha value is -0.820. The molecule has 0 aliphatic rings. The summed E-state index contributed by atoms with van der Waals surface area (Å²) in [7, 11) is 0. The highest BCUT2D eigenvalue weighted by molar-refractivity contribution is 5.33. The van der Waals surface area contributed by atoms with Gasteiger partial charge < -0.3 is 5.73 Å². The molecule has 1 rings (SSSR count). The first-order chi connectivity index (χ1) is 6.32. The average Bonchev–Trinajstić information content (AvgIpc) is 2.01. The van der Waals surface area contributed by atoms with Gasteiger partial charge in [0.2, 0.25) is 0 Å². The Kier molecular flexibility index (Phi) is 3.01. The van der Waals surface area contributed by atoms with E-state index in [1.54, 1.807) is 0 Å². The predicted molar refractivity (Wildman–Crippen MR) is 62.3 cm³/mol. The van der Waals surface area contributed by atoms with Crippen molar-refractivity contribution >= 4 is 0 Å². The maximum Gasteiger partial charge on any atom is 0.0346 e. The smallest absolute Gasteiger partial charge is 0.0346 e. The zero-order valence-corrected chi connectivity index (χ0v) is 9.89. The van der Waals surface area contributed by atoms with Gasteiger partial charge in [-0.15, -0.1) is 0 Å². The second-order valence-corrected chi connectivity index (χ2v) is 5.20. The molecule has 0 bridgehead atoms. The molecule has 1 atom stereocenters. The van der Waals surface area contributed by atoms with E-state index in [1.165, 1.54) is 16.7 Å². The van der Waals surface area contributed by atoms with Crippen molar-refractivity contribution in [2.75, 3.05) is 0 Å². The van der Waals surface area contributed by atoms with E-state index in [2.05, 4.69) is 52.8 Å². The molecule has 0 heterocycles. The molecule has 0 aliphatic heterocycles. The van der Waals surface area contributed by atoms with Crippen molar-refractivity contribution in [1.29, 1.82) is 0 Å². The minimum atomic E-state index is 0.114. The van der Waals surface area contributed by atoms with E-state index in [9.17, 15) is 0 Å². The molecule has 0 unspecified atom stereocenters. The van der Waals surface area contributed by atoms with E-state index < -0.39 is 0 Å². The van der Waals surface area contributed by atoms with Crippen LogP contribution >= 0.6 is 0 Å². The predicted octanol–water partition coefficient (Wildman–Crippen LogP) is 3.35. The minimum absolute atomic E-state index is 0.114. The Morgan fingerprint density at radius 3 is 2.14 bits per heavy atom. The van der Waals surface area contributed by atoms with Gasteiger partial charge in [-0.2, -0.15) is 0 Å². The van der Waals surface area contributed by atoms with Crippen LogP contribution in [0.3, 0.4) is 0 Å². The molecule has 0 fully saturated rings. The van der Waals surface area contributed by atoms with Crippen LogP contribution in [0.4, 0.5) is 0 Å². The van der Waals surface area contributed by atoms with Gasteiger partial charge in [0.1, 0.15) is 0 Å². The third-order valence-electron chi connectivity index (χ3n) is 2.69. The van der Waals surface area contributed by atoms with Crippen molar-refractivity contribution in [2.45, 2.75) is 40.7 Å². The van der Waals surface area contributed by atoms with Gasteiger partial charge >= 0.3 is 0 Å². The van der Waals surface area contributed by atoms with Crippen LogP contribution in [0.5, 0.6) is 0 Å². The number of benzene rings is 1. The van der Waals surface area contributed by atoms with Crippen molar-refractivity contribution in [3.8, 4) is 0 Å². The number of rotatable bonds is 1. The topological polar surface area (TPSA) is 26.0 Å². The number of nitrogens with two attached hydrogens (primary N) is 1. The van der Waals surface area contributed by atoms with Gasteiger partial charge in [0, 0.05) is 6.04 Å².